The molecule has 0 unspecified atom stereocenters. The van der Waals surface area contributed by atoms with Crippen molar-refractivity contribution in [1.82, 2.24) is 0 Å². The Kier molecular flexibility index (Phi) is 3.33. The summed E-state index contributed by atoms with van der Waals surface area (Å²) in [5, 5.41) is -0.507. The van der Waals surface area contributed by atoms with Crippen molar-refractivity contribution in [2.24, 2.45) is 0 Å². The molecule has 0 atom stereocenters. The number of aryl methyl sites for hydroxylation is 1. The number of methoxy groups -OCH3 is 1. The van der Waals surface area contributed by atoms with Crippen molar-refractivity contribution < 1.29 is 9.53 Å². The van der Waals surface area contributed by atoms with Gasteiger partial charge in [0.2, 0.25) is 0 Å². The molecule has 4 heteroatoms. The average molecular weight is 264 g/mol. The molecule has 13 heavy (non-hydrogen) atoms. The Bertz CT molecular complexity index is 350. The van der Waals surface area contributed by atoms with E-state index >= 15 is 0 Å². The SMILES string of the molecule is COc1cc(Br)c(C)cc1C(=O)Cl. The zero-order chi connectivity index (χ0) is 10.0. The Morgan fingerprint density at radius 2 is 2.15 bits per heavy atom. The van der Waals surface area contributed by atoms with Gasteiger partial charge in [-0.3, -0.25) is 4.79 Å². The molecule has 0 aromatic heterocycles. The summed E-state index contributed by atoms with van der Waals surface area (Å²) in [6, 6.07) is 3.42. The number of benzene rings is 1. The van der Waals surface area contributed by atoms with Crippen molar-refractivity contribution in [1.29, 1.82) is 0 Å². The van der Waals surface area contributed by atoms with E-state index < -0.39 is 5.24 Å². The summed E-state index contributed by atoms with van der Waals surface area (Å²) in [5.41, 5.74) is 1.34. The van der Waals surface area contributed by atoms with E-state index in [0.29, 0.717) is 11.3 Å². The van der Waals surface area contributed by atoms with Gasteiger partial charge in [0.25, 0.3) is 5.24 Å². The first kappa shape index (κ1) is 10.5. The molecule has 0 heterocycles. The summed E-state index contributed by atoms with van der Waals surface area (Å²) in [4.78, 5) is 11.0. The molecule has 2 nitrogen and oxygen atoms in total. The normalized spacial score (nSPS) is 9.85. The Balaban J connectivity index is 3.33. The molecule has 0 saturated carbocycles. The predicted molar refractivity (Wildman–Crippen MR) is 55.6 cm³/mol. The maximum Gasteiger partial charge on any atom is 0.256 e. The number of ether oxygens (including phenoxy) is 1. The molecule has 0 aliphatic rings. The van der Waals surface area contributed by atoms with Gasteiger partial charge in [-0.05, 0) is 36.2 Å². The molecule has 0 N–H and O–H groups in total. The van der Waals surface area contributed by atoms with Gasteiger partial charge in [-0.25, -0.2) is 0 Å². The average Bonchev–Trinajstić information content (AvgIpc) is 2.08. The lowest BCUT2D eigenvalue weighted by Gasteiger charge is -2.07. The van der Waals surface area contributed by atoms with Crippen LogP contribution in [0.1, 0.15) is 15.9 Å². The molecule has 70 valence electrons. The highest BCUT2D eigenvalue weighted by Crippen LogP contribution is 2.27. The summed E-state index contributed by atoms with van der Waals surface area (Å²) < 4.78 is 5.90. The van der Waals surface area contributed by atoms with E-state index in [1.54, 1.807) is 12.1 Å². The van der Waals surface area contributed by atoms with Crippen LogP contribution in [0.4, 0.5) is 0 Å². The largest absolute Gasteiger partial charge is 0.496 e. The Morgan fingerprint density at radius 3 is 2.62 bits per heavy atom. The van der Waals surface area contributed by atoms with Crippen LogP contribution >= 0.6 is 27.5 Å². The maximum atomic E-state index is 11.0. The smallest absolute Gasteiger partial charge is 0.256 e. The van der Waals surface area contributed by atoms with Crippen LogP contribution in [0.5, 0.6) is 5.75 Å². The lowest BCUT2D eigenvalue weighted by Crippen LogP contribution is -1.96. The number of hydrogen-bond acceptors (Lipinski definition) is 2. The van der Waals surface area contributed by atoms with Crippen LogP contribution in [0.15, 0.2) is 16.6 Å². The summed E-state index contributed by atoms with van der Waals surface area (Å²) in [7, 11) is 1.50. The second-order valence-electron chi connectivity index (χ2n) is 2.58. The molecular formula is C9H8BrClO2. The van der Waals surface area contributed by atoms with Crippen LogP contribution in [0.25, 0.3) is 0 Å². The minimum absolute atomic E-state index is 0.393. The molecule has 0 spiro atoms. The number of rotatable bonds is 2. The molecule has 1 aromatic carbocycles. The molecule has 0 radical (unpaired) electrons. The highest BCUT2D eigenvalue weighted by molar-refractivity contribution is 9.10. The summed E-state index contributed by atoms with van der Waals surface area (Å²) in [5.74, 6) is 0.484. The van der Waals surface area contributed by atoms with Crippen LogP contribution in [0.2, 0.25) is 0 Å². The summed E-state index contributed by atoms with van der Waals surface area (Å²) >= 11 is 8.71. The van der Waals surface area contributed by atoms with Gasteiger partial charge in [-0.15, -0.1) is 0 Å². The summed E-state index contributed by atoms with van der Waals surface area (Å²) in [6.45, 7) is 1.88. The van der Waals surface area contributed by atoms with Gasteiger partial charge >= 0.3 is 0 Å². The van der Waals surface area contributed by atoms with Crippen LogP contribution in [0.3, 0.4) is 0 Å². The van der Waals surface area contributed by atoms with Crippen molar-refractivity contribution in [3.8, 4) is 5.75 Å². The van der Waals surface area contributed by atoms with Crippen molar-refractivity contribution >= 4 is 32.8 Å². The van der Waals surface area contributed by atoms with Gasteiger partial charge in [-0.2, -0.15) is 0 Å². The van der Waals surface area contributed by atoms with E-state index in [-0.39, 0.29) is 0 Å². The first-order valence-electron chi connectivity index (χ1n) is 3.60. The third kappa shape index (κ3) is 2.23. The third-order valence-electron chi connectivity index (χ3n) is 1.69. The van der Waals surface area contributed by atoms with E-state index in [2.05, 4.69) is 15.9 Å². The van der Waals surface area contributed by atoms with Crippen LogP contribution in [-0.2, 0) is 0 Å². The second kappa shape index (κ2) is 4.11. The molecule has 0 bridgehead atoms. The molecular weight excluding hydrogens is 255 g/mol. The number of halogens is 2. The number of hydrogen-bond donors (Lipinski definition) is 0. The van der Waals surface area contributed by atoms with Gasteiger partial charge < -0.3 is 4.74 Å². The zero-order valence-electron chi connectivity index (χ0n) is 7.23. The zero-order valence-corrected chi connectivity index (χ0v) is 9.57. The minimum atomic E-state index is -0.507. The molecule has 1 aromatic rings. The van der Waals surface area contributed by atoms with Crippen molar-refractivity contribution in [2.45, 2.75) is 6.92 Å². The van der Waals surface area contributed by atoms with Gasteiger partial charge in [0.1, 0.15) is 5.75 Å². The minimum Gasteiger partial charge on any atom is -0.496 e. The maximum absolute atomic E-state index is 11.0. The van der Waals surface area contributed by atoms with Crippen molar-refractivity contribution in [3.05, 3.63) is 27.7 Å². The second-order valence-corrected chi connectivity index (χ2v) is 3.77. The topological polar surface area (TPSA) is 26.3 Å². The monoisotopic (exact) mass is 262 g/mol. The molecule has 0 saturated heterocycles. The molecule has 0 aliphatic carbocycles. The van der Waals surface area contributed by atoms with Crippen molar-refractivity contribution in [2.75, 3.05) is 7.11 Å². The first-order chi connectivity index (χ1) is 6.06. The van der Waals surface area contributed by atoms with Crippen LogP contribution in [-0.4, -0.2) is 12.4 Å². The van der Waals surface area contributed by atoms with E-state index in [1.807, 2.05) is 6.92 Å². The van der Waals surface area contributed by atoms with E-state index in [4.69, 9.17) is 16.3 Å². The van der Waals surface area contributed by atoms with Gasteiger partial charge in [0.15, 0.2) is 0 Å². The number of carbonyl (C=O) groups excluding carboxylic acids is 1. The quantitative estimate of drug-likeness (QED) is 0.766. The lowest BCUT2D eigenvalue weighted by atomic mass is 10.1. The lowest BCUT2D eigenvalue weighted by molar-refractivity contribution is 0.107. The van der Waals surface area contributed by atoms with E-state index in [0.717, 1.165) is 10.0 Å². The van der Waals surface area contributed by atoms with E-state index in [1.165, 1.54) is 7.11 Å². The van der Waals surface area contributed by atoms with Crippen LogP contribution < -0.4 is 4.74 Å². The molecule has 0 fully saturated rings. The third-order valence-corrected chi connectivity index (χ3v) is 2.75. The van der Waals surface area contributed by atoms with Gasteiger partial charge in [-0.1, -0.05) is 15.9 Å². The fourth-order valence-corrected chi connectivity index (χ4v) is 1.46. The Morgan fingerprint density at radius 1 is 1.54 bits per heavy atom. The molecule has 0 aliphatic heterocycles. The number of carbonyl (C=O) groups is 1. The highest BCUT2D eigenvalue weighted by atomic mass is 79.9. The Labute approximate surface area is 90.0 Å². The van der Waals surface area contributed by atoms with Gasteiger partial charge in [0.05, 0.1) is 12.7 Å². The molecule has 1 rings (SSSR count). The van der Waals surface area contributed by atoms with Gasteiger partial charge in [0, 0.05) is 4.47 Å². The predicted octanol–water partition coefficient (Wildman–Crippen LogP) is 3.15. The first-order valence-corrected chi connectivity index (χ1v) is 4.77. The Hall–Kier alpha value is -0.540. The van der Waals surface area contributed by atoms with Crippen LogP contribution in [0, 0.1) is 6.92 Å². The molecule has 0 amide bonds. The highest BCUT2D eigenvalue weighted by Gasteiger charge is 2.11. The standard InChI is InChI=1S/C9H8BrClO2/c1-5-3-6(9(11)12)8(13-2)4-7(5)10/h3-4H,1-2H3. The van der Waals surface area contributed by atoms with Crippen molar-refractivity contribution in [3.63, 3.8) is 0 Å². The fraction of sp³-hybridized carbons (Fsp3) is 0.222. The summed E-state index contributed by atoms with van der Waals surface area (Å²) in [6.07, 6.45) is 0. The fourth-order valence-electron chi connectivity index (χ4n) is 0.986. The van der Waals surface area contributed by atoms with E-state index in [9.17, 15) is 4.79 Å².